The van der Waals surface area contributed by atoms with E-state index in [0.29, 0.717) is 22.9 Å². The Kier molecular flexibility index (Phi) is 4.59. The first-order valence-electron chi connectivity index (χ1n) is 4.31. The third-order valence-corrected chi connectivity index (χ3v) is 2.22. The molecule has 0 atom stereocenters. The molecule has 0 radical (unpaired) electrons. The number of allylic oxidation sites excluding steroid dienone is 1. The molecule has 1 aromatic carbocycles. The highest BCUT2D eigenvalue weighted by atomic mass is 35.5. The van der Waals surface area contributed by atoms with E-state index in [1.165, 1.54) is 6.07 Å². The maximum Gasteiger partial charge on any atom is 0.278 e. The van der Waals surface area contributed by atoms with Crippen molar-refractivity contribution in [3.8, 4) is 0 Å². The van der Waals surface area contributed by atoms with Gasteiger partial charge in [0.15, 0.2) is 0 Å². The molecule has 15 heavy (non-hydrogen) atoms. The minimum absolute atomic E-state index is 0.00771. The van der Waals surface area contributed by atoms with Crippen LogP contribution in [0.4, 0.5) is 5.69 Å². The SMILES string of the molecule is O=[N+]([O-])c1cc(Cl)ccc1C=CCCCl. The summed E-state index contributed by atoms with van der Waals surface area (Å²) in [5.74, 6) is 0.498. The van der Waals surface area contributed by atoms with Crippen LogP contribution in [0, 0.1) is 10.1 Å². The van der Waals surface area contributed by atoms with Gasteiger partial charge in [-0.3, -0.25) is 10.1 Å². The topological polar surface area (TPSA) is 43.1 Å². The summed E-state index contributed by atoms with van der Waals surface area (Å²) in [6, 6.07) is 4.57. The average Bonchev–Trinajstić information content (AvgIpc) is 2.20. The van der Waals surface area contributed by atoms with Crippen molar-refractivity contribution in [2.45, 2.75) is 6.42 Å². The molecule has 0 aliphatic heterocycles. The Labute approximate surface area is 97.5 Å². The molecule has 1 aromatic rings. The molecular weight excluding hydrogens is 237 g/mol. The second-order valence-corrected chi connectivity index (χ2v) is 3.65. The molecule has 0 N–H and O–H groups in total. The number of nitro groups is 1. The van der Waals surface area contributed by atoms with E-state index in [9.17, 15) is 10.1 Å². The molecule has 3 nitrogen and oxygen atoms in total. The van der Waals surface area contributed by atoms with Crippen LogP contribution in [0.3, 0.4) is 0 Å². The zero-order valence-electron chi connectivity index (χ0n) is 7.82. The van der Waals surface area contributed by atoms with E-state index in [1.54, 1.807) is 24.3 Å². The molecule has 0 amide bonds. The van der Waals surface area contributed by atoms with E-state index in [2.05, 4.69) is 0 Å². The van der Waals surface area contributed by atoms with E-state index in [4.69, 9.17) is 23.2 Å². The summed E-state index contributed by atoms with van der Waals surface area (Å²) in [5.41, 5.74) is 0.544. The number of rotatable bonds is 4. The zero-order chi connectivity index (χ0) is 11.3. The van der Waals surface area contributed by atoms with E-state index in [1.807, 2.05) is 0 Å². The minimum Gasteiger partial charge on any atom is -0.258 e. The summed E-state index contributed by atoms with van der Waals surface area (Å²) in [4.78, 5) is 10.2. The lowest BCUT2D eigenvalue weighted by atomic mass is 10.1. The molecule has 0 saturated heterocycles. The van der Waals surface area contributed by atoms with Crippen LogP contribution in [0.2, 0.25) is 5.02 Å². The molecule has 0 aliphatic carbocycles. The van der Waals surface area contributed by atoms with Gasteiger partial charge in [0.2, 0.25) is 0 Å². The number of halogens is 2. The third kappa shape index (κ3) is 3.53. The van der Waals surface area contributed by atoms with Gasteiger partial charge >= 0.3 is 0 Å². The molecule has 0 bridgehead atoms. The Morgan fingerprint density at radius 3 is 2.80 bits per heavy atom. The fraction of sp³-hybridized carbons (Fsp3) is 0.200. The van der Waals surface area contributed by atoms with E-state index < -0.39 is 4.92 Å². The number of hydrogen-bond donors (Lipinski definition) is 0. The van der Waals surface area contributed by atoms with Gasteiger partial charge in [-0.2, -0.15) is 0 Å². The summed E-state index contributed by atoms with van der Waals surface area (Å²) in [6.45, 7) is 0. The molecule has 0 saturated carbocycles. The van der Waals surface area contributed by atoms with Crippen LogP contribution in [0.25, 0.3) is 6.08 Å². The predicted octanol–water partition coefficient (Wildman–Crippen LogP) is 3.89. The highest BCUT2D eigenvalue weighted by Gasteiger charge is 2.11. The molecule has 80 valence electrons. The van der Waals surface area contributed by atoms with E-state index >= 15 is 0 Å². The molecule has 0 heterocycles. The first-order valence-corrected chi connectivity index (χ1v) is 5.23. The largest absolute Gasteiger partial charge is 0.278 e. The Balaban J connectivity index is 3.01. The molecule has 1 rings (SSSR count). The smallest absolute Gasteiger partial charge is 0.258 e. The fourth-order valence-electron chi connectivity index (χ4n) is 1.09. The van der Waals surface area contributed by atoms with E-state index in [-0.39, 0.29) is 5.69 Å². The number of benzene rings is 1. The second kappa shape index (κ2) is 5.73. The Bertz CT molecular complexity index is 391. The van der Waals surface area contributed by atoms with Gasteiger partial charge in [-0.15, -0.1) is 11.6 Å². The summed E-state index contributed by atoms with van der Waals surface area (Å²) in [5, 5.41) is 11.1. The highest BCUT2D eigenvalue weighted by molar-refractivity contribution is 6.30. The summed E-state index contributed by atoms with van der Waals surface area (Å²) < 4.78 is 0. The predicted molar refractivity (Wildman–Crippen MR) is 62.5 cm³/mol. The van der Waals surface area contributed by atoms with Crippen molar-refractivity contribution in [1.82, 2.24) is 0 Å². The number of nitrogens with zero attached hydrogens (tertiary/aromatic N) is 1. The fourth-order valence-corrected chi connectivity index (χ4v) is 1.38. The van der Waals surface area contributed by atoms with Crippen LogP contribution in [-0.2, 0) is 0 Å². The molecule has 0 fully saturated rings. The van der Waals surface area contributed by atoms with Crippen LogP contribution < -0.4 is 0 Å². The standard InChI is InChI=1S/C10H9Cl2NO2/c11-6-2-1-3-8-4-5-9(12)7-10(8)13(14)15/h1,3-5,7H,2,6H2. The van der Waals surface area contributed by atoms with Crippen molar-refractivity contribution in [2.24, 2.45) is 0 Å². The van der Waals surface area contributed by atoms with Gasteiger partial charge in [0.05, 0.1) is 10.5 Å². The summed E-state index contributed by atoms with van der Waals surface area (Å²) in [6.07, 6.45) is 4.15. The number of hydrogen-bond acceptors (Lipinski definition) is 2. The maximum atomic E-state index is 10.7. The first-order chi connectivity index (χ1) is 7.15. The van der Waals surface area contributed by atoms with Crippen molar-refractivity contribution in [2.75, 3.05) is 5.88 Å². The van der Waals surface area contributed by atoms with Crippen molar-refractivity contribution in [3.63, 3.8) is 0 Å². The lowest BCUT2D eigenvalue weighted by molar-refractivity contribution is -0.385. The van der Waals surface area contributed by atoms with Gasteiger partial charge in [0, 0.05) is 17.0 Å². The minimum atomic E-state index is -0.452. The summed E-state index contributed by atoms with van der Waals surface area (Å²) >= 11 is 11.2. The number of nitro benzene ring substituents is 1. The van der Waals surface area contributed by atoms with Gasteiger partial charge in [-0.05, 0) is 18.6 Å². The molecule has 0 unspecified atom stereocenters. The average molecular weight is 246 g/mol. The van der Waals surface area contributed by atoms with Gasteiger partial charge in [0.25, 0.3) is 5.69 Å². The van der Waals surface area contributed by atoms with Gasteiger partial charge in [0.1, 0.15) is 0 Å². The Morgan fingerprint density at radius 1 is 1.47 bits per heavy atom. The second-order valence-electron chi connectivity index (χ2n) is 2.84. The lowest BCUT2D eigenvalue weighted by Gasteiger charge is -1.97. The molecule has 0 aromatic heterocycles. The van der Waals surface area contributed by atoms with Crippen LogP contribution in [0.5, 0.6) is 0 Å². The van der Waals surface area contributed by atoms with Crippen LogP contribution in [0.15, 0.2) is 24.3 Å². The Hall–Kier alpha value is -1.06. The zero-order valence-corrected chi connectivity index (χ0v) is 9.33. The quantitative estimate of drug-likeness (QED) is 0.459. The molecule has 0 aliphatic rings. The molecule has 5 heteroatoms. The monoisotopic (exact) mass is 245 g/mol. The first kappa shape index (κ1) is 12.0. The van der Waals surface area contributed by atoms with Gasteiger partial charge in [-0.1, -0.05) is 23.8 Å². The van der Waals surface area contributed by atoms with Crippen LogP contribution >= 0.6 is 23.2 Å². The molecule has 0 spiro atoms. The van der Waals surface area contributed by atoms with Crippen molar-refractivity contribution in [3.05, 3.63) is 45.0 Å². The third-order valence-electron chi connectivity index (χ3n) is 1.76. The van der Waals surface area contributed by atoms with Crippen molar-refractivity contribution < 1.29 is 4.92 Å². The van der Waals surface area contributed by atoms with Crippen molar-refractivity contribution >= 4 is 35.0 Å². The maximum absolute atomic E-state index is 10.7. The van der Waals surface area contributed by atoms with E-state index in [0.717, 1.165) is 0 Å². The van der Waals surface area contributed by atoms with Crippen LogP contribution in [0.1, 0.15) is 12.0 Å². The van der Waals surface area contributed by atoms with Crippen molar-refractivity contribution in [1.29, 1.82) is 0 Å². The Morgan fingerprint density at radius 2 is 2.20 bits per heavy atom. The molecular formula is C10H9Cl2NO2. The summed E-state index contributed by atoms with van der Waals surface area (Å²) in [7, 11) is 0. The highest BCUT2D eigenvalue weighted by Crippen LogP contribution is 2.24. The normalized spacial score (nSPS) is 10.8. The van der Waals surface area contributed by atoms with Gasteiger partial charge in [-0.25, -0.2) is 0 Å². The van der Waals surface area contributed by atoms with Gasteiger partial charge < -0.3 is 0 Å². The lowest BCUT2D eigenvalue weighted by Crippen LogP contribution is -1.91. The van der Waals surface area contributed by atoms with Crippen LogP contribution in [-0.4, -0.2) is 10.8 Å². The number of alkyl halides is 1.